The van der Waals surface area contributed by atoms with Gasteiger partial charge in [-0.2, -0.15) is 0 Å². The molecule has 8 heteroatoms. The molecular formula is C19H24FN3O4. The maximum Gasteiger partial charge on any atom is 0.255 e. The first kappa shape index (κ1) is 19.4. The summed E-state index contributed by atoms with van der Waals surface area (Å²) in [4.78, 5) is 36.6. The van der Waals surface area contributed by atoms with Crippen LogP contribution in [0, 0.1) is 12.7 Å². The summed E-state index contributed by atoms with van der Waals surface area (Å²) in [5.74, 6) is -1.57. The van der Waals surface area contributed by atoms with E-state index >= 15 is 0 Å². The predicted molar refractivity (Wildman–Crippen MR) is 95.2 cm³/mol. The molecule has 0 aromatic heterocycles. The molecule has 7 nitrogen and oxygen atoms in total. The van der Waals surface area contributed by atoms with Crippen molar-refractivity contribution in [3.8, 4) is 0 Å². The fraction of sp³-hybridized carbons (Fsp3) is 0.526. The Bertz CT molecular complexity index is 762. The number of hydrogen-bond acceptors (Lipinski definition) is 5. The van der Waals surface area contributed by atoms with Crippen LogP contribution in [0.2, 0.25) is 0 Å². The highest BCUT2D eigenvalue weighted by atomic mass is 19.1. The van der Waals surface area contributed by atoms with Crippen LogP contribution >= 0.6 is 0 Å². The van der Waals surface area contributed by atoms with Crippen LogP contribution in [-0.2, 0) is 20.9 Å². The van der Waals surface area contributed by atoms with E-state index in [1.807, 2.05) is 0 Å². The van der Waals surface area contributed by atoms with Crippen molar-refractivity contribution in [3.63, 3.8) is 0 Å². The second-order valence-electron chi connectivity index (χ2n) is 7.10. The normalized spacial score (nSPS) is 24.9. The highest BCUT2D eigenvalue weighted by Crippen LogP contribution is 2.30. The summed E-state index contributed by atoms with van der Waals surface area (Å²) in [6.07, 6.45) is 2.75. The van der Waals surface area contributed by atoms with Gasteiger partial charge in [0.1, 0.15) is 11.9 Å². The standard InChI is InChI=1S/C14H13FN2O3.C5H11NO/c1-7-2-3-8-9(12(7)15)6-17(14(8)20)10-4-5-11(18)16-13(10)19;6-5-2-1-3-7-4-5/h2-3,10H,4-6H2,1H3,(H,16,18,19);5H,1-4,6H2. The molecule has 0 spiro atoms. The minimum atomic E-state index is -0.702. The van der Waals surface area contributed by atoms with E-state index in [0.29, 0.717) is 22.7 Å². The van der Waals surface area contributed by atoms with Crippen molar-refractivity contribution < 1.29 is 23.5 Å². The van der Waals surface area contributed by atoms with Crippen molar-refractivity contribution in [1.82, 2.24) is 10.2 Å². The average Bonchev–Trinajstić information content (AvgIpc) is 2.97. The van der Waals surface area contributed by atoms with E-state index < -0.39 is 17.8 Å². The second-order valence-corrected chi connectivity index (χ2v) is 7.10. The van der Waals surface area contributed by atoms with Gasteiger partial charge in [0.25, 0.3) is 5.91 Å². The molecule has 0 aliphatic carbocycles. The second kappa shape index (κ2) is 8.14. The number of imide groups is 1. The van der Waals surface area contributed by atoms with Gasteiger partial charge in [-0.05, 0) is 37.8 Å². The Morgan fingerprint density at radius 3 is 2.63 bits per heavy atom. The molecule has 3 N–H and O–H groups in total. The number of hydrogen-bond donors (Lipinski definition) is 2. The van der Waals surface area contributed by atoms with Crippen LogP contribution in [0.1, 0.15) is 47.2 Å². The van der Waals surface area contributed by atoms with E-state index in [1.54, 1.807) is 19.1 Å². The first-order valence-electron chi connectivity index (χ1n) is 9.14. The Morgan fingerprint density at radius 1 is 1.26 bits per heavy atom. The van der Waals surface area contributed by atoms with Gasteiger partial charge < -0.3 is 15.4 Å². The third-order valence-electron chi connectivity index (χ3n) is 5.04. The van der Waals surface area contributed by atoms with E-state index in [1.165, 1.54) is 4.90 Å². The molecular weight excluding hydrogens is 353 g/mol. The lowest BCUT2D eigenvalue weighted by atomic mass is 10.0. The quantitative estimate of drug-likeness (QED) is 0.712. The molecule has 4 rings (SSSR count). The number of benzene rings is 1. The number of halogens is 1. The Labute approximate surface area is 157 Å². The van der Waals surface area contributed by atoms with Crippen molar-refractivity contribution in [1.29, 1.82) is 0 Å². The van der Waals surface area contributed by atoms with Crippen LogP contribution in [0.15, 0.2) is 12.1 Å². The number of carbonyl (C=O) groups excluding carboxylic acids is 3. The summed E-state index contributed by atoms with van der Waals surface area (Å²) < 4.78 is 19.1. The molecule has 1 aromatic carbocycles. The van der Waals surface area contributed by atoms with Gasteiger partial charge in [0.2, 0.25) is 11.8 Å². The lowest BCUT2D eigenvalue weighted by Crippen LogP contribution is -2.52. The molecule has 3 amide bonds. The molecule has 2 atom stereocenters. The number of fused-ring (bicyclic) bond motifs is 1. The van der Waals surface area contributed by atoms with Gasteiger partial charge in [-0.15, -0.1) is 0 Å². The fourth-order valence-corrected chi connectivity index (χ4v) is 3.49. The van der Waals surface area contributed by atoms with Gasteiger partial charge >= 0.3 is 0 Å². The molecule has 27 heavy (non-hydrogen) atoms. The Morgan fingerprint density at radius 2 is 2.04 bits per heavy atom. The number of ether oxygens (including phenoxy) is 1. The highest BCUT2D eigenvalue weighted by molar-refractivity contribution is 6.05. The summed E-state index contributed by atoms with van der Waals surface area (Å²) in [7, 11) is 0. The fourth-order valence-electron chi connectivity index (χ4n) is 3.49. The number of carbonyl (C=O) groups is 3. The summed E-state index contributed by atoms with van der Waals surface area (Å²) in [6.45, 7) is 3.39. The van der Waals surface area contributed by atoms with Gasteiger partial charge in [-0.1, -0.05) is 6.07 Å². The number of nitrogens with two attached hydrogens (primary N) is 1. The number of nitrogens with zero attached hydrogens (tertiary/aromatic N) is 1. The average molecular weight is 377 g/mol. The molecule has 3 aliphatic heterocycles. The number of amides is 3. The van der Waals surface area contributed by atoms with E-state index in [0.717, 1.165) is 26.1 Å². The van der Waals surface area contributed by atoms with Crippen LogP contribution in [0.4, 0.5) is 4.39 Å². The van der Waals surface area contributed by atoms with E-state index in [2.05, 4.69) is 5.32 Å². The molecule has 2 unspecified atom stereocenters. The maximum atomic E-state index is 14.0. The van der Waals surface area contributed by atoms with Gasteiger partial charge in [-0.25, -0.2) is 4.39 Å². The van der Waals surface area contributed by atoms with Crippen molar-refractivity contribution in [2.75, 3.05) is 13.2 Å². The summed E-state index contributed by atoms with van der Waals surface area (Å²) in [6, 6.07) is 2.75. The van der Waals surface area contributed by atoms with Crippen LogP contribution in [0.3, 0.4) is 0 Å². The first-order valence-corrected chi connectivity index (χ1v) is 9.14. The number of nitrogens with one attached hydrogen (secondary N) is 1. The monoisotopic (exact) mass is 377 g/mol. The van der Waals surface area contributed by atoms with Gasteiger partial charge in [-0.3, -0.25) is 19.7 Å². The van der Waals surface area contributed by atoms with Crippen LogP contribution < -0.4 is 11.1 Å². The SMILES string of the molecule is Cc1ccc2c(c1F)CN(C1CCC(=O)NC1=O)C2=O.NC1CCCOC1. The minimum Gasteiger partial charge on any atom is -0.380 e. The molecule has 0 radical (unpaired) electrons. The number of aryl methyl sites for hydroxylation is 1. The smallest absolute Gasteiger partial charge is 0.255 e. The first-order chi connectivity index (χ1) is 12.9. The molecule has 2 fully saturated rings. The Kier molecular flexibility index (Phi) is 5.86. The molecule has 146 valence electrons. The molecule has 0 bridgehead atoms. The zero-order valence-corrected chi connectivity index (χ0v) is 15.3. The largest absolute Gasteiger partial charge is 0.380 e. The number of rotatable bonds is 1. The van der Waals surface area contributed by atoms with Gasteiger partial charge in [0, 0.05) is 30.2 Å². The van der Waals surface area contributed by atoms with Crippen molar-refractivity contribution >= 4 is 17.7 Å². The molecule has 3 heterocycles. The summed E-state index contributed by atoms with van der Waals surface area (Å²) in [5, 5.41) is 2.21. The van der Waals surface area contributed by atoms with E-state index in [-0.39, 0.29) is 31.2 Å². The Hall–Kier alpha value is -2.32. The highest BCUT2D eigenvalue weighted by Gasteiger charge is 2.40. The Balaban J connectivity index is 0.000000253. The molecule has 1 aromatic rings. The topological polar surface area (TPSA) is 102 Å². The van der Waals surface area contributed by atoms with E-state index in [4.69, 9.17) is 10.5 Å². The van der Waals surface area contributed by atoms with Gasteiger partial charge in [0.05, 0.1) is 13.2 Å². The summed E-state index contributed by atoms with van der Waals surface area (Å²) in [5.41, 5.74) is 6.62. The minimum absolute atomic E-state index is 0.0773. The van der Waals surface area contributed by atoms with Crippen molar-refractivity contribution in [3.05, 3.63) is 34.6 Å². The van der Waals surface area contributed by atoms with E-state index in [9.17, 15) is 18.8 Å². The van der Waals surface area contributed by atoms with Gasteiger partial charge in [0.15, 0.2) is 0 Å². The zero-order valence-electron chi connectivity index (χ0n) is 15.3. The third kappa shape index (κ3) is 4.17. The number of piperidine rings is 1. The van der Waals surface area contributed by atoms with Crippen LogP contribution in [0.5, 0.6) is 0 Å². The maximum absolute atomic E-state index is 14.0. The van der Waals surface area contributed by atoms with Crippen molar-refractivity contribution in [2.45, 2.75) is 51.2 Å². The summed E-state index contributed by atoms with van der Waals surface area (Å²) >= 11 is 0. The molecule has 0 saturated carbocycles. The predicted octanol–water partition coefficient (Wildman–Crippen LogP) is 1.02. The lowest BCUT2D eigenvalue weighted by Gasteiger charge is -2.29. The lowest BCUT2D eigenvalue weighted by molar-refractivity contribution is -0.136. The third-order valence-corrected chi connectivity index (χ3v) is 5.04. The molecule has 2 saturated heterocycles. The zero-order chi connectivity index (χ0) is 19.6. The molecule has 3 aliphatic rings. The van der Waals surface area contributed by atoms with Crippen LogP contribution in [0.25, 0.3) is 0 Å². The van der Waals surface area contributed by atoms with Crippen molar-refractivity contribution in [2.24, 2.45) is 5.73 Å². The van der Waals surface area contributed by atoms with Crippen LogP contribution in [-0.4, -0.2) is 47.9 Å².